The smallest absolute Gasteiger partial charge is 0.124 e. The van der Waals surface area contributed by atoms with Gasteiger partial charge in [0.1, 0.15) is 11.6 Å². The number of benzene rings is 1. The number of phenols is 1. The molecule has 0 aromatic heterocycles. The molecule has 0 spiro atoms. The van der Waals surface area contributed by atoms with Crippen molar-refractivity contribution in [1.82, 2.24) is 5.48 Å². The van der Waals surface area contributed by atoms with Crippen LogP contribution in [0, 0.1) is 12.7 Å². The summed E-state index contributed by atoms with van der Waals surface area (Å²) in [6.45, 7) is 1.63. The van der Waals surface area contributed by atoms with Crippen molar-refractivity contribution in [2.24, 2.45) is 0 Å². The first-order chi connectivity index (χ1) is 5.65. The molecule has 1 rings (SSSR count). The van der Waals surface area contributed by atoms with Crippen LogP contribution in [0.15, 0.2) is 12.1 Å². The average molecular weight is 171 g/mol. The number of nitrogens with one attached hydrogen (secondary N) is 1. The lowest BCUT2D eigenvalue weighted by Crippen LogP contribution is -2.06. The van der Waals surface area contributed by atoms with Gasteiger partial charge in [-0.15, -0.1) is 0 Å². The summed E-state index contributed by atoms with van der Waals surface area (Å²) in [5.41, 5.74) is 2.65. The minimum atomic E-state index is -0.421. The molecule has 0 radical (unpaired) electrons. The third-order valence-corrected chi connectivity index (χ3v) is 1.61. The van der Waals surface area contributed by atoms with Gasteiger partial charge in [-0.2, -0.15) is 0 Å². The molecule has 0 heterocycles. The van der Waals surface area contributed by atoms with Crippen molar-refractivity contribution in [3.63, 3.8) is 0 Å². The Bertz CT molecular complexity index is 289. The van der Waals surface area contributed by atoms with E-state index in [9.17, 15) is 9.50 Å². The maximum Gasteiger partial charge on any atom is 0.124 e. The lowest BCUT2D eigenvalue weighted by atomic mass is 10.1. The molecule has 0 atom stereocenters. The number of hydrogen-bond donors (Lipinski definition) is 3. The van der Waals surface area contributed by atoms with E-state index in [1.165, 1.54) is 12.1 Å². The van der Waals surface area contributed by atoms with E-state index in [4.69, 9.17) is 5.21 Å². The van der Waals surface area contributed by atoms with E-state index in [0.717, 1.165) is 0 Å². The number of phenolic OH excluding ortho intramolecular Hbond substituents is 1. The first-order valence-corrected chi connectivity index (χ1v) is 3.50. The SMILES string of the molecule is Cc1cc(F)cc(CNO)c1O. The molecule has 1 aromatic rings. The number of aryl methyl sites for hydroxylation is 1. The summed E-state index contributed by atoms with van der Waals surface area (Å²) in [6, 6.07) is 2.40. The number of rotatable bonds is 2. The van der Waals surface area contributed by atoms with Gasteiger partial charge in [0.2, 0.25) is 0 Å². The lowest BCUT2D eigenvalue weighted by molar-refractivity contribution is 0.160. The topological polar surface area (TPSA) is 52.5 Å². The van der Waals surface area contributed by atoms with Crippen molar-refractivity contribution in [3.05, 3.63) is 29.1 Å². The summed E-state index contributed by atoms with van der Waals surface area (Å²) in [4.78, 5) is 0. The van der Waals surface area contributed by atoms with E-state index in [1.807, 2.05) is 5.48 Å². The summed E-state index contributed by atoms with van der Waals surface area (Å²) in [5, 5.41) is 17.7. The Labute approximate surface area is 69.4 Å². The molecule has 0 amide bonds. The highest BCUT2D eigenvalue weighted by molar-refractivity contribution is 5.39. The standard InChI is InChI=1S/C8H10FNO2/c1-5-2-7(9)3-6(4-10-12)8(5)11/h2-3,10-12H,4H2,1H3. The van der Waals surface area contributed by atoms with Gasteiger partial charge in [0, 0.05) is 12.1 Å². The van der Waals surface area contributed by atoms with E-state index in [0.29, 0.717) is 11.1 Å². The second kappa shape index (κ2) is 3.51. The van der Waals surface area contributed by atoms with Crippen LogP contribution in [0.2, 0.25) is 0 Å². The minimum Gasteiger partial charge on any atom is -0.507 e. The second-order valence-electron chi connectivity index (χ2n) is 2.57. The van der Waals surface area contributed by atoms with Gasteiger partial charge >= 0.3 is 0 Å². The van der Waals surface area contributed by atoms with Crippen molar-refractivity contribution in [3.8, 4) is 5.75 Å². The van der Waals surface area contributed by atoms with Gasteiger partial charge in [0.05, 0.1) is 0 Å². The van der Waals surface area contributed by atoms with E-state index >= 15 is 0 Å². The summed E-state index contributed by atoms with van der Waals surface area (Å²) >= 11 is 0. The zero-order valence-electron chi connectivity index (χ0n) is 6.63. The molecular weight excluding hydrogens is 161 g/mol. The predicted molar refractivity (Wildman–Crippen MR) is 41.4 cm³/mol. The van der Waals surface area contributed by atoms with Gasteiger partial charge in [-0.3, -0.25) is 0 Å². The summed E-state index contributed by atoms with van der Waals surface area (Å²) in [6.07, 6.45) is 0. The first-order valence-electron chi connectivity index (χ1n) is 3.50. The molecule has 0 aliphatic rings. The van der Waals surface area contributed by atoms with Gasteiger partial charge in [0.15, 0.2) is 0 Å². The molecule has 66 valence electrons. The van der Waals surface area contributed by atoms with Crippen molar-refractivity contribution in [2.45, 2.75) is 13.5 Å². The van der Waals surface area contributed by atoms with Crippen LogP contribution in [0.4, 0.5) is 4.39 Å². The molecule has 0 aliphatic heterocycles. The normalized spacial score (nSPS) is 10.2. The first kappa shape index (κ1) is 8.96. The highest BCUT2D eigenvalue weighted by Gasteiger charge is 2.05. The van der Waals surface area contributed by atoms with Crippen LogP contribution < -0.4 is 5.48 Å². The lowest BCUT2D eigenvalue weighted by Gasteiger charge is -2.05. The van der Waals surface area contributed by atoms with E-state index in [1.54, 1.807) is 6.92 Å². The number of aromatic hydroxyl groups is 1. The number of halogens is 1. The van der Waals surface area contributed by atoms with Gasteiger partial charge in [0.25, 0.3) is 0 Å². The summed E-state index contributed by atoms with van der Waals surface area (Å²) in [5.74, 6) is -0.409. The third kappa shape index (κ3) is 1.72. The van der Waals surface area contributed by atoms with Crippen LogP contribution in [0.3, 0.4) is 0 Å². The Hall–Kier alpha value is -1.13. The monoisotopic (exact) mass is 171 g/mol. The molecule has 3 N–H and O–H groups in total. The van der Waals surface area contributed by atoms with Gasteiger partial charge in [-0.05, 0) is 24.6 Å². The average Bonchev–Trinajstić information content (AvgIpc) is 2.00. The Morgan fingerprint density at radius 2 is 2.17 bits per heavy atom. The Balaban J connectivity index is 3.09. The molecule has 0 saturated carbocycles. The van der Waals surface area contributed by atoms with Crippen molar-refractivity contribution < 1.29 is 14.7 Å². The fourth-order valence-corrected chi connectivity index (χ4v) is 1.02. The van der Waals surface area contributed by atoms with Crippen LogP contribution in [-0.2, 0) is 6.54 Å². The van der Waals surface area contributed by atoms with Gasteiger partial charge in [-0.1, -0.05) is 0 Å². The van der Waals surface area contributed by atoms with Crippen LogP contribution in [0.1, 0.15) is 11.1 Å². The van der Waals surface area contributed by atoms with Crippen LogP contribution in [0.25, 0.3) is 0 Å². The van der Waals surface area contributed by atoms with Crippen LogP contribution in [0.5, 0.6) is 5.75 Å². The summed E-state index contributed by atoms with van der Waals surface area (Å²) < 4.78 is 12.7. The zero-order valence-corrected chi connectivity index (χ0v) is 6.63. The molecule has 12 heavy (non-hydrogen) atoms. The molecule has 1 aromatic carbocycles. The van der Waals surface area contributed by atoms with E-state index in [2.05, 4.69) is 0 Å². The highest BCUT2D eigenvalue weighted by atomic mass is 19.1. The maximum atomic E-state index is 12.7. The number of hydrogen-bond acceptors (Lipinski definition) is 3. The molecule has 0 bridgehead atoms. The predicted octanol–water partition coefficient (Wildman–Crippen LogP) is 1.32. The van der Waals surface area contributed by atoms with Gasteiger partial charge in [-0.25, -0.2) is 9.87 Å². The maximum absolute atomic E-state index is 12.7. The third-order valence-electron chi connectivity index (χ3n) is 1.61. The fraction of sp³-hybridized carbons (Fsp3) is 0.250. The van der Waals surface area contributed by atoms with Crippen LogP contribution >= 0.6 is 0 Å². The van der Waals surface area contributed by atoms with Crippen LogP contribution in [-0.4, -0.2) is 10.3 Å². The number of hydroxylamine groups is 1. The highest BCUT2D eigenvalue weighted by Crippen LogP contribution is 2.22. The van der Waals surface area contributed by atoms with E-state index < -0.39 is 5.82 Å². The molecule has 4 heteroatoms. The molecule has 0 saturated heterocycles. The Morgan fingerprint density at radius 3 is 2.75 bits per heavy atom. The second-order valence-corrected chi connectivity index (χ2v) is 2.57. The summed E-state index contributed by atoms with van der Waals surface area (Å²) in [7, 11) is 0. The van der Waals surface area contributed by atoms with E-state index in [-0.39, 0.29) is 12.3 Å². The largest absolute Gasteiger partial charge is 0.507 e. The molecule has 0 aliphatic carbocycles. The Morgan fingerprint density at radius 1 is 1.50 bits per heavy atom. The molecular formula is C8H10FNO2. The van der Waals surface area contributed by atoms with Gasteiger partial charge < -0.3 is 10.3 Å². The molecule has 0 unspecified atom stereocenters. The zero-order chi connectivity index (χ0) is 9.14. The Kier molecular flexibility index (Phi) is 2.62. The molecule has 0 fully saturated rings. The van der Waals surface area contributed by atoms with Crippen molar-refractivity contribution in [2.75, 3.05) is 0 Å². The quantitative estimate of drug-likeness (QED) is 0.588. The molecule has 3 nitrogen and oxygen atoms in total. The minimum absolute atomic E-state index is 0.0120. The van der Waals surface area contributed by atoms with Crippen molar-refractivity contribution in [1.29, 1.82) is 0 Å². The van der Waals surface area contributed by atoms with Crippen molar-refractivity contribution >= 4 is 0 Å². The fourth-order valence-electron chi connectivity index (χ4n) is 1.02.